The van der Waals surface area contributed by atoms with E-state index in [2.05, 4.69) is 6.92 Å². The third kappa shape index (κ3) is 2.26. The third-order valence-electron chi connectivity index (χ3n) is 3.25. The van der Waals surface area contributed by atoms with Gasteiger partial charge in [-0.25, -0.2) is 0 Å². The maximum Gasteiger partial charge on any atom is 0.313 e. The Hall–Kier alpha value is -1.31. The molecule has 0 unspecified atom stereocenters. The number of carbonyl (C=O) groups excluding carboxylic acids is 1. The van der Waals surface area contributed by atoms with Crippen molar-refractivity contribution < 1.29 is 9.53 Å². The first-order valence-electron chi connectivity index (χ1n) is 6.04. The first-order chi connectivity index (χ1) is 7.83. The zero-order valence-electron chi connectivity index (χ0n) is 9.69. The van der Waals surface area contributed by atoms with Crippen LogP contribution in [0.4, 0.5) is 0 Å². The first-order valence-corrected chi connectivity index (χ1v) is 6.04. The normalized spacial score (nSPS) is 24.4. The van der Waals surface area contributed by atoms with Crippen molar-refractivity contribution in [1.29, 1.82) is 0 Å². The molecule has 0 bridgehead atoms. The van der Waals surface area contributed by atoms with Crippen LogP contribution in [0, 0.1) is 5.92 Å². The molecular formula is C14H18O2. The van der Waals surface area contributed by atoms with Crippen molar-refractivity contribution in [2.45, 2.75) is 32.1 Å². The molecule has 1 aliphatic rings. The van der Waals surface area contributed by atoms with Gasteiger partial charge in [0.2, 0.25) is 0 Å². The Morgan fingerprint density at radius 1 is 1.31 bits per heavy atom. The molecule has 1 aromatic carbocycles. The van der Waals surface area contributed by atoms with Gasteiger partial charge in [0.15, 0.2) is 0 Å². The summed E-state index contributed by atoms with van der Waals surface area (Å²) in [7, 11) is 0. The van der Waals surface area contributed by atoms with Gasteiger partial charge in [-0.1, -0.05) is 50.1 Å². The number of unbranched alkanes of at least 4 members (excludes halogenated alkanes) is 1. The molecule has 16 heavy (non-hydrogen) atoms. The topological polar surface area (TPSA) is 26.3 Å². The Morgan fingerprint density at radius 2 is 2.06 bits per heavy atom. The van der Waals surface area contributed by atoms with Gasteiger partial charge in [-0.15, -0.1) is 0 Å². The summed E-state index contributed by atoms with van der Waals surface area (Å²) in [6.07, 6.45) is 3.43. The van der Waals surface area contributed by atoms with E-state index < -0.39 is 0 Å². The summed E-state index contributed by atoms with van der Waals surface area (Å²) in [4.78, 5) is 11.7. The number of hydrogen-bond donors (Lipinski definition) is 0. The van der Waals surface area contributed by atoms with Gasteiger partial charge in [0.25, 0.3) is 0 Å². The number of rotatable bonds is 4. The zero-order chi connectivity index (χ0) is 11.4. The summed E-state index contributed by atoms with van der Waals surface area (Å²) < 4.78 is 5.19. The van der Waals surface area contributed by atoms with E-state index in [4.69, 9.17) is 4.74 Å². The van der Waals surface area contributed by atoms with Crippen LogP contribution < -0.4 is 0 Å². The number of esters is 1. The highest BCUT2D eigenvalue weighted by molar-refractivity contribution is 5.80. The molecule has 1 fully saturated rings. The molecule has 0 saturated carbocycles. The first kappa shape index (κ1) is 11.2. The second-order valence-electron chi connectivity index (χ2n) is 4.42. The number of ether oxygens (including phenoxy) is 1. The summed E-state index contributed by atoms with van der Waals surface area (Å²) in [6.45, 7) is 2.77. The Bertz CT molecular complexity index is 345. The van der Waals surface area contributed by atoms with E-state index in [1.165, 1.54) is 12.8 Å². The van der Waals surface area contributed by atoms with Gasteiger partial charge in [-0.2, -0.15) is 0 Å². The number of cyclic esters (lactones) is 1. The van der Waals surface area contributed by atoms with E-state index in [1.54, 1.807) is 0 Å². The Balaban J connectivity index is 2.13. The lowest BCUT2D eigenvalue weighted by Gasteiger charge is -2.14. The molecule has 1 saturated heterocycles. The van der Waals surface area contributed by atoms with Gasteiger partial charge < -0.3 is 4.74 Å². The fourth-order valence-electron chi connectivity index (χ4n) is 2.35. The van der Waals surface area contributed by atoms with Crippen LogP contribution in [0.2, 0.25) is 0 Å². The van der Waals surface area contributed by atoms with E-state index in [9.17, 15) is 4.79 Å². The predicted octanol–water partition coefficient (Wildman–Crippen LogP) is 3.13. The highest BCUT2D eigenvalue weighted by Crippen LogP contribution is 2.35. The van der Waals surface area contributed by atoms with Crippen molar-refractivity contribution >= 4 is 5.97 Å². The minimum atomic E-state index is -0.0488. The molecule has 86 valence electrons. The lowest BCUT2D eigenvalue weighted by Crippen LogP contribution is -2.13. The SMILES string of the molecule is CCCC[C@@H]1COC(=O)[C@@H]1c1ccccc1. The smallest absolute Gasteiger partial charge is 0.313 e. The van der Waals surface area contributed by atoms with Crippen molar-refractivity contribution in [2.75, 3.05) is 6.61 Å². The molecule has 2 nitrogen and oxygen atoms in total. The lowest BCUT2D eigenvalue weighted by atomic mass is 9.85. The summed E-state index contributed by atoms with van der Waals surface area (Å²) in [5.41, 5.74) is 1.10. The van der Waals surface area contributed by atoms with Gasteiger partial charge in [-0.05, 0) is 12.0 Å². The molecule has 2 rings (SSSR count). The van der Waals surface area contributed by atoms with Crippen LogP contribution >= 0.6 is 0 Å². The Kier molecular flexibility index (Phi) is 3.60. The van der Waals surface area contributed by atoms with E-state index in [0.29, 0.717) is 12.5 Å². The van der Waals surface area contributed by atoms with Crippen LogP contribution in [0.15, 0.2) is 30.3 Å². The fraction of sp³-hybridized carbons (Fsp3) is 0.500. The maximum absolute atomic E-state index is 11.7. The van der Waals surface area contributed by atoms with Crippen molar-refractivity contribution in [3.8, 4) is 0 Å². The van der Waals surface area contributed by atoms with Crippen LogP contribution in [0.5, 0.6) is 0 Å². The van der Waals surface area contributed by atoms with Gasteiger partial charge in [0.1, 0.15) is 0 Å². The van der Waals surface area contributed by atoms with Crippen LogP contribution in [0.3, 0.4) is 0 Å². The minimum absolute atomic E-state index is 0.0345. The van der Waals surface area contributed by atoms with E-state index in [0.717, 1.165) is 12.0 Å². The van der Waals surface area contributed by atoms with Crippen molar-refractivity contribution in [2.24, 2.45) is 5.92 Å². The molecule has 1 aliphatic heterocycles. The molecule has 0 radical (unpaired) electrons. The molecule has 0 N–H and O–H groups in total. The number of carbonyl (C=O) groups is 1. The third-order valence-corrected chi connectivity index (χ3v) is 3.25. The highest BCUT2D eigenvalue weighted by Gasteiger charge is 2.37. The lowest BCUT2D eigenvalue weighted by molar-refractivity contribution is -0.139. The molecule has 1 aromatic rings. The van der Waals surface area contributed by atoms with E-state index in [1.807, 2.05) is 30.3 Å². The Labute approximate surface area is 96.6 Å². The van der Waals surface area contributed by atoms with Crippen molar-refractivity contribution in [1.82, 2.24) is 0 Å². The van der Waals surface area contributed by atoms with Gasteiger partial charge in [0.05, 0.1) is 12.5 Å². The largest absolute Gasteiger partial charge is 0.465 e. The van der Waals surface area contributed by atoms with Crippen LogP contribution in [0.25, 0.3) is 0 Å². The summed E-state index contributed by atoms with van der Waals surface area (Å²) in [5.74, 6) is 0.287. The molecule has 0 spiro atoms. The molecule has 2 heteroatoms. The predicted molar refractivity (Wildman–Crippen MR) is 63.2 cm³/mol. The number of benzene rings is 1. The monoisotopic (exact) mass is 218 g/mol. The molecule has 2 atom stereocenters. The van der Waals surface area contributed by atoms with Gasteiger partial charge >= 0.3 is 5.97 Å². The standard InChI is InChI=1S/C14H18O2/c1-2-3-7-12-10-16-14(15)13(12)11-8-5-4-6-9-11/h4-6,8-9,12-13H,2-3,7,10H2,1H3/t12-,13-/m1/s1. The fourth-order valence-corrected chi connectivity index (χ4v) is 2.35. The molecular weight excluding hydrogens is 200 g/mol. The van der Waals surface area contributed by atoms with Gasteiger partial charge in [0, 0.05) is 5.92 Å². The second kappa shape index (κ2) is 5.15. The van der Waals surface area contributed by atoms with E-state index in [-0.39, 0.29) is 11.9 Å². The summed E-state index contributed by atoms with van der Waals surface area (Å²) in [6, 6.07) is 9.99. The summed E-state index contributed by atoms with van der Waals surface area (Å²) in [5, 5.41) is 0. The minimum Gasteiger partial charge on any atom is -0.465 e. The van der Waals surface area contributed by atoms with Crippen molar-refractivity contribution in [3.05, 3.63) is 35.9 Å². The van der Waals surface area contributed by atoms with Crippen LogP contribution in [0.1, 0.15) is 37.7 Å². The van der Waals surface area contributed by atoms with E-state index >= 15 is 0 Å². The highest BCUT2D eigenvalue weighted by atomic mass is 16.5. The zero-order valence-corrected chi connectivity index (χ0v) is 9.69. The second-order valence-corrected chi connectivity index (χ2v) is 4.42. The van der Waals surface area contributed by atoms with Gasteiger partial charge in [-0.3, -0.25) is 4.79 Å². The van der Waals surface area contributed by atoms with Crippen molar-refractivity contribution in [3.63, 3.8) is 0 Å². The maximum atomic E-state index is 11.7. The molecule has 0 aliphatic carbocycles. The summed E-state index contributed by atoms with van der Waals surface area (Å²) >= 11 is 0. The van der Waals surface area contributed by atoms with Crippen LogP contribution in [-0.2, 0) is 9.53 Å². The Morgan fingerprint density at radius 3 is 2.75 bits per heavy atom. The molecule has 1 heterocycles. The number of hydrogen-bond acceptors (Lipinski definition) is 2. The average Bonchev–Trinajstić information content (AvgIpc) is 2.69. The molecule has 0 aromatic heterocycles. The van der Waals surface area contributed by atoms with Crippen LogP contribution in [-0.4, -0.2) is 12.6 Å². The molecule has 0 amide bonds. The quantitative estimate of drug-likeness (QED) is 0.726. The average molecular weight is 218 g/mol.